The van der Waals surface area contributed by atoms with Gasteiger partial charge in [0.2, 0.25) is 0 Å². The van der Waals surface area contributed by atoms with Gasteiger partial charge in [-0.2, -0.15) is 17.0 Å². The maximum Gasteiger partial charge on any atom is 0.158 e. The normalized spacial score (nSPS) is 11.9. The molecule has 1 aromatic rings. The fourth-order valence-electron chi connectivity index (χ4n) is 1.19. The number of hydrogen-bond acceptors (Lipinski definition) is 5. The van der Waals surface area contributed by atoms with Crippen LogP contribution in [0.25, 0.3) is 0 Å². The van der Waals surface area contributed by atoms with Crippen molar-refractivity contribution >= 4 is 17.6 Å². The first-order chi connectivity index (χ1) is 7.69. The predicted molar refractivity (Wildman–Crippen MR) is 67.6 cm³/mol. The molecule has 0 spiro atoms. The number of hydrogen-bond donors (Lipinski definition) is 0. The van der Waals surface area contributed by atoms with Gasteiger partial charge in [0.15, 0.2) is 5.69 Å². The summed E-state index contributed by atoms with van der Waals surface area (Å²) in [6.45, 7) is 4.31. The van der Waals surface area contributed by atoms with Crippen molar-refractivity contribution in [2.45, 2.75) is 19.9 Å². The summed E-state index contributed by atoms with van der Waals surface area (Å²) in [6, 6.07) is 2.37. The van der Waals surface area contributed by atoms with E-state index in [4.69, 9.17) is 5.26 Å². The number of rotatable bonds is 5. The van der Waals surface area contributed by atoms with Gasteiger partial charge in [-0.3, -0.25) is 0 Å². The molecular weight excluding hydrogens is 220 g/mol. The van der Waals surface area contributed by atoms with E-state index in [0.29, 0.717) is 11.7 Å². The molecular formula is C11H16N4S. The minimum Gasteiger partial charge on any atom is -0.355 e. The quantitative estimate of drug-likeness (QED) is 0.782. The highest BCUT2D eigenvalue weighted by Gasteiger charge is 2.11. The van der Waals surface area contributed by atoms with E-state index in [0.717, 1.165) is 17.3 Å². The Labute approximate surface area is 101 Å². The Balaban J connectivity index is 2.65. The summed E-state index contributed by atoms with van der Waals surface area (Å²) in [5.74, 6) is 2.99. The van der Waals surface area contributed by atoms with Gasteiger partial charge in [-0.25, -0.2) is 9.97 Å². The maximum absolute atomic E-state index is 8.62. The molecule has 0 bridgehead atoms. The molecule has 1 unspecified atom stereocenters. The molecule has 16 heavy (non-hydrogen) atoms. The first-order valence-electron chi connectivity index (χ1n) is 5.21. The minimum absolute atomic E-state index is 0.354. The van der Waals surface area contributed by atoms with Crippen LogP contribution >= 0.6 is 11.8 Å². The van der Waals surface area contributed by atoms with Gasteiger partial charge < -0.3 is 4.90 Å². The summed E-state index contributed by atoms with van der Waals surface area (Å²) in [5, 5.41) is 8.62. The molecule has 1 rings (SSSR count). The first kappa shape index (κ1) is 12.8. The molecule has 0 saturated heterocycles. The van der Waals surface area contributed by atoms with Crippen LogP contribution in [0.3, 0.4) is 0 Å². The van der Waals surface area contributed by atoms with Crippen LogP contribution in [0.5, 0.6) is 0 Å². The summed E-state index contributed by atoms with van der Waals surface area (Å²) in [4.78, 5) is 10.3. The lowest BCUT2D eigenvalue weighted by atomic mass is 10.3. The van der Waals surface area contributed by atoms with Crippen LogP contribution in [0, 0.1) is 11.3 Å². The van der Waals surface area contributed by atoms with Crippen molar-refractivity contribution in [3.8, 4) is 6.07 Å². The molecule has 86 valence electrons. The van der Waals surface area contributed by atoms with Gasteiger partial charge in [-0.1, -0.05) is 6.92 Å². The van der Waals surface area contributed by atoms with Crippen molar-refractivity contribution < 1.29 is 0 Å². The molecule has 0 N–H and O–H groups in total. The van der Waals surface area contributed by atoms with Gasteiger partial charge in [0.05, 0.1) is 12.4 Å². The lowest BCUT2D eigenvalue weighted by Crippen LogP contribution is -2.31. The van der Waals surface area contributed by atoms with Crippen LogP contribution in [-0.4, -0.2) is 34.6 Å². The Bertz CT molecular complexity index is 357. The number of aromatic nitrogens is 2. The fraction of sp³-hybridized carbons (Fsp3) is 0.545. The molecule has 5 heteroatoms. The highest BCUT2D eigenvalue weighted by Crippen LogP contribution is 2.13. The number of thioether (sulfide) groups is 1. The van der Waals surface area contributed by atoms with Gasteiger partial charge in [0.25, 0.3) is 0 Å². The van der Waals surface area contributed by atoms with E-state index in [1.165, 1.54) is 6.20 Å². The molecule has 0 aliphatic rings. The standard InChI is InChI=1S/C11H16N4S/c1-4-16-8-9(2)15(3)11-7-13-10(5-12)6-14-11/h6-7,9H,4,8H2,1-3H3. The number of nitriles is 1. The van der Waals surface area contributed by atoms with Crippen molar-refractivity contribution in [2.75, 3.05) is 23.5 Å². The van der Waals surface area contributed by atoms with Gasteiger partial charge in [0.1, 0.15) is 11.9 Å². The van der Waals surface area contributed by atoms with Crippen molar-refractivity contribution in [3.63, 3.8) is 0 Å². The van der Waals surface area contributed by atoms with E-state index in [-0.39, 0.29) is 0 Å². The molecule has 0 saturated carbocycles. The molecule has 0 aliphatic carbocycles. The average Bonchev–Trinajstić information content (AvgIpc) is 2.35. The molecule has 0 aliphatic heterocycles. The summed E-state index contributed by atoms with van der Waals surface area (Å²) in [6.07, 6.45) is 3.15. The van der Waals surface area contributed by atoms with Gasteiger partial charge in [-0.15, -0.1) is 0 Å². The average molecular weight is 236 g/mol. The van der Waals surface area contributed by atoms with Crippen LogP contribution < -0.4 is 4.90 Å². The zero-order valence-corrected chi connectivity index (χ0v) is 10.7. The summed E-state index contributed by atoms with van der Waals surface area (Å²) in [7, 11) is 2.00. The summed E-state index contributed by atoms with van der Waals surface area (Å²) >= 11 is 1.90. The minimum atomic E-state index is 0.354. The van der Waals surface area contributed by atoms with Crippen LogP contribution in [0.1, 0.15) is 19.5 Å². The van der Waals surface area contributed by atoms with Gasteiger partial charge >= 0.3 is 0 Å². The first-order valence-corrected chi connectivity index (χ1v) is 6.37. The molecule has 4 nitrogen and oxygen atoms in total. The largest absolute Gasteiger partial charge is 0.355 e. The van der Waals surface area contributed by atoms with Crippen molar-refractivity contribution in [3.05, 3.63) is 18.1 Å². The van der Waals surface area contributed by atoms with Crippen molar-refractivity contribution in [1.82, 2.24) is 9.97 Å². The second kappa shape index (κ2) is 6.33. The maximum atomic E-state index is 8.62. The van der Waals surface area contributed by atoms with E-state index in [2.05, 4.69) is 28.7 Å². The molecule has 0 radical (unpaired) electrons. The van der Waals surface area contributed by atoms with E-state index >= 15 is 0 Å². The Kier molecular flexibility index (Phi) is 5.06. The summed E-state index contributed by atoms with van der Waals surface area (Å²) in [5.41, 5.74) is 0.354. The topological polar surface area (TPSA) is 52.8 Å². The van der Waals surface area contributed by atoms with Gasteiger partial charge in [-0.05, 0) is 12.7 Å². The van der Waals surface area contributed by atoms with Crippen molar-refractivity contribution in [1.29, 1.82) is 5.26 Å². The summed E-state index contributed by atoms with van der Waals surface area (Å²) < 4.78 is 0. The Morgan fingerprint density at radius 3 is 2.75 bits per heavy atom. The Morgan fingerprint density at radius 2 is 2.25 bits per heavy atom. The van der Waals surface area contributed by atoms with Crippen LogP contribution in [0.2, 0.25) is 0 Å². The zero-order chi connectivity index (χ0) is 12.0. The monoisotopic (exact) mass is 236 g/mol. The third kappa shape index (κ3) is 3.38. The van der Waals surface area contributed by atoms with Gasteiger partial charge in [0, 0.05) is 18.8 Å². The molecule has 1 heterocycles. The lowest BCUT2D eigenvalue weighted by Gasteiger charge is -2.25. The Morgan fingerprint density at radius 1 is 1.50 bits per heavy atom. The SMILES string of the molecule is CCSCC(C)N(C)c1cnc(C#N)cn1. The Hall–Kier alpha value is -1.28. The smallest absolute Gasteiger partial charge is 0.158 e. The molecule has 0 aromatic carbocycles. The molecule has 0 fully saturated rings. The second-order valence-electron chi connectivity index (χ2n) is 3.49. The fourth-order valence-corrected chi connectivity index (χ4v) is 1.99. The van der Waals surface area contributed by atoms with Crippen LogP contribution in [0.4, 0.5) is 5.82 Å². The highest BCUT2D eigenvalue weighted by atomic mass is 32.2. The third-order valence-electron chi connectivity index (χ3n) is 2.34. The zero-order valence-electron chi connectivity index (χ0n) is 9.84. The predicted octanol–water partition coefficient (Wildman–Crippen LogP) is 1.93. The third-order valence-corrected chi connectivity index (χ3v) is 3.46. The molecule has 0 amide bonds. The lowest BCUT2D eigenvalue weighted by molar-refractivity contribution is 0.750. The van der Waals surface area contributed by atoms with Crippen LogP contribution in [-0.2, 0) is 0 Å². The number of nitrogens with zero attached hydrogens (tertiary/aromatic N) is 4. The molecule has 1 aromatic heterocycles. The van der Waals surface area contributed by atoms with E-state index in [1.807, 2.05) is 24.9 Å². The second-order valence-corrected chi connectivity index (χ2v) is 4.81. The van der Waals surface area contributed by atoms with E-state index in [9.17, 15) is 0 Å². The van der Waals surface area contributed by atoms with Crippen LogP contribution in [0.15, 0.2) is 12.4 Å². The van der Waals surface area contributed by atoms with E-state index in [1.54, 1.807) is 6.20 Å². The molecule has 1 atom stereocenters. The van der Waals surface area contributed by atoms with Crippen molar-refractivity contribution in [2.24, 2.45) is 0 Å². The van der Waals surface area contributed by atoms with E-state index < -0.39 is 0 Å². The highest BCUT2D eigenvalue weighted by molar-refractivity contribution is 7.99. The number of anilines is 1.